The minimum absolute atomic E-state index is 0.0287. The molecule has 548 valence electrons. The molecule has 0 aliphatic carbocycles. The van der Waals surface area contributed by atoms with Crippen LogP contribution in [-0.4, -0.2) is 210 Å². The van der Waals surface area contributed by atoms with Crippen LogP contribution in [0.3, 0.4) is 0 Å². The van der Waals surface area contributed by atoms with E-state index in [1.807, 2.05) is 40.4 Å². The van der Waals surface area contributed by atoms with Crippen molar-refractivity contribution < 1.29 is 82.7 Å². The van der Waals surface area contributed by atoms with E-state index in [1.54, 1.807) is 61.5 Å². The second-order valence-corrected chi connectivity index (χ2v) is 35.5. The van der Waals surface area contributed by atoms with Gasteiger partial charge < -0.3 is 100 Å². The van der Waals surface area contributed by atoms with Crippen molar-refractivity contribution in [1.29, 1.82) is 5.41 Å². The predicted octanol–water partition coefficient (Wildman–Crippen LogP) is -1.87. The van der Waals surface area contributed by atoms with Crippen molar-refractivity contribution in [2.24, 2.45) is 28.4 Å². The molecule has 1 saturated heterocycles. The molecular weight excluding hydrogens is 1280 g/mol. The molecule has 0 spiro atoms. The molecule has 1 fully saturated rings. The third-order valence-electron chi connectivity index (χ3n) is 14.8. The molecule has 2 rings (SSSR count). The number of nitrogens with two attached hydrogens (primary N) is 1. The first-order valence-electron chi connectivity index (χ1n) is 32.7. The standard InChI is InChI=1S/C64H111N15O17Si/c1-33(2)26-38-51(86)70-37(24-21-25-67-60(65)66)50(85)74-43(32-97(15,16)17)56(91)76-45(35(5)82)57(92)68-29-44(83)69-41(30-80)54(89)73-42(31-81)55(90)77-46(36-22-19-18-20-23-36)47(58(93)79-48(59(94)71-38)49(84)34(3)4)78-53(88)39(27-62(6,7)8)72-52(87)40(28-63(9,10)11)75-61(95)96-64(12,13)14/h18-20,22-23,33-35,37-43,45-49,80-82,84H,21,24-32H2,1-17H3,(H,68,92)(H,69,83)(H,70,86)(H,71,94)(H,72,87)(H,73,89)(H,74,85)(H,75,95)(H,76,91)(H,77,90)(H,78,88)(H,79,93)(H4,65,66,67)/t35-,37+,38-,39-,40+,41-,42?,43-,45-,46+,47-,48-,49+/m0/s1. The minimum Gasteiger partial charge on any atom is -0.444 e. The number of aliphatic hydroxyl groups is 4. The Balaban J connectivity index is 3.15. The highest BCUT2D eigenvalue weighted by molar-refractivity contribution is 6.76. The third kappa shape index (κ3) is 31.4. The van der Waals surface area contributed by atoms with Gasteiger partial charge in [-0.05, 0) is 94.1 Å². The molecule has 1 aromatic carbocycles. The average molecular weight is 1390 g/mol. The van der Waals surface area contributed by atoms with E-state index in [0.717, 1.165) is 6.92 Å². The summed E-state index contributed by atoms with van der Waals surface area (Å²) >= 11 is 0. The van der Waals surface area contributed by atoms with E-state index >= 15 is 14.4 Å². The Labute approximate surface area is 569 Å². The number of hydrogen-bond donors (Lipinski definition) is 19. The number of benzene rings is 1. The Morgan fingerprint density at radius 2 is 1.10 bits per heavy atom. The van der Waals surface area contributed by atoms with Gasteiger partial charge in [0, 0.05) is 14.6 Å². The van der Waals surface area contributed by atoms with E-state index in [0.29, 0.717) is 0 Å². The smallest absolute Gasteiger partial charge is 0.408 e. The van der Waals surface area contributed by atoms with E-state index in [2.05, 4.69) is 69.1 Å². The van der Waals surface area contributed by atoms with Crippen LogP contribution < -0.4 is 74.9 Å². The maximum absolute atomic E-state index is 15.6. The van der Waals surface area contributed by atoms with Crippen molar-refractivity contribution in [2.45, 2.75) is 239 Å². The van der Waals surface area contributed by atoms with Crippen molar-refractivity contribution in [3.63, 3.8) is 0 Å². The fourth-order valence-corrected chi connectivity index (χ4v) is 11.6. The van der Waals surface area contributed by atoms with E-state index in [4.69, 9.17) is 15.9 Å². The molecule has 13 atom stereocenters. The molecule has 20 N–H and O–H groups in total. The summed E-state index contributed by atoms with van der Waals surface area (Å²) in [6.45, 7) is 25.6. The van der Waals surface area contributed by atoms with Crippen LogP contribution in [0, 0.1) is 28.1 Å². The van der Waals surface area contributed by atoms with Crippen LogP contribution in [0.4, 0.5) is 4.79 Å². The van der Waals surface area contributed by atoms with Crippen LogP contribution in [0.5, 0.6) is 0 Å². The number of carbonyl (C=O) groups excluding carboxylic acids is 12. The lowest BCUT2D eigenvalue weighted by Gasteiger charge is -2.35. The Morgan fingerprint density at radius 1 is 0.619 bits per heavy atom. The summed E-state index contributed by atoms with van der Waals surface area (Å²) in [6.07, 6.45) is -4.70. The van der Waals surface area contributed by atoms with Gasteiger partial charge in [-0.1, -0.05) is 119 Å². The van der Waals surface area contributed by atoms with Crippen molar-refractivity contribution in [1.82, 2.24) is 69.1 Å². The number of amides is 12. The van der Waals surface area contributed by atoms with Gasteiger partial charge >= 0.3 is 6.09 Å². The van der Waals surface area contributed by atoms with Gasteiger partial charge in [0.25, 0.3) is 0 Å². The van der Waals surface area contributed by atoms with E-state index in [9.17, 15) is 63.6 Å². The van der Waals surface area contributed by atoms with Gasteiger partial charge in [-0.3, -0.25) is 58.1 Å². The van der Waals surface area contributed by atoms with Crippen LogP contribution in [0.1, 0.15) is 141 Å². The Hall–Kier alpha value is -8.01. The topological polar surface area (TPSA) is 501 Å². The van der Waals surface area contributed by atoms with Crippen LogP contribution >= 0.6 is 0 Å². The van der Waals surface area contributed by atoms with Crippen LogP contribution in [0.15, 0.2) is 30.3 Å². The number of guanidine groups is 1. The van der Waals surface area contributed by atoms with Gasteiger partial charge in [-0.25, -0.2) is 4.79 Å². The fourth-order valence-electron chi connectivity index (χ4n) is 10.1. The zero-order valence-electron chi connectivity index (χ0n) is 59.3. The van der Waals surface area contributed by atoms with E-state index in [-0.39, 0.29) is 56.2 Å². The highest BCUT2D eigenvalue weighted by Crippen LogP contribution is 2.26. The quantitative estimate of drug-likeness (QED) is 0.0278. The van der Waals surface area contributed by atoms with Crippen molar-refractivity contribution >= 4 is 85.1 Å². The van der Waals surface area contributed by atoms with Crippen LogP contribution in [0.2, 0.25) is 25.7 Å². The largest absolute Gasteiger partial charge is 0.444 e. The molecule has 1 unspecified atom stereocenters. The highest BCUT2D eigenvalue weighted by Gasteiger charge is 2.43. The molecule has 1 aromatic rings. The summed E-state index contributed by atoms with van der Waals surface area (Å²) in [4.78, 5) is 173. The van der Waals surface area contributed by atoms with Crippen molar-refractivity contribution in [2.75, 3.05) is 26.3 Å². The zero-order valence-corrected chi connectivity index (χ0v) is 60.3. The van der Waals surface area contributed by atoms with Crippen molar-refractivity contribution in [3.05, 3.63) is 35.9 Å². The lowest BCUT2D eigenvalue weighted by Crippen LogP contribution is -2.65. The number of ether oxygens (including phenoxy) is 1. The SMILES string of the molecule is CC(C)C[C@@H]1NC(=O)[C@H]([C@H](O)C(C)C)NC(=O)[C@@H](NC(=O)[C@H](CC(C)(C)C)NC(=O)[C@@H](CC(C)(C)C)NC(=O)OC(C)(C)C)[C@@H](c2ccccc2)NC(=O)C(CO)NC(=O)[C@H](CO)NC(=O)CNC(=O)[C@H]([C@H](C)O)NC(=O)[C@H](C[Si](C)(C)C)NC(=O)[C@@H](CCCNC(=N)N)NC1=O. The lowest BCUT2D eigenvalue weighted by atomic mass is 9.86. The van der Waals surface area contributed by atoms with Gasteiger partial charge in [-0.15, -0.1) is 0 Å². The number of alkyl carbamates (subject to hydrolysis) is 1. The molecular formula is C64H111N15O17Si. The average Bonchev–Trinajstić information content (AvgIpc) is 0.915. The molecule has 32 nitrogen and oxygen atoms in total. The minimum atomic E-state index is -2.38. The molecule has 97 heavy (non-hydrogen) atoms. The molecule has 1 aliphatic rings. The maximum Gasteiger partial charge on any atom is 0.408 e. The molecule has 0 aromatic heterocycles. The van der Waals surface area contributed by atoms with Gasteiger partial charge in [-0.2, -0.15) is 0 Å². The monoisotopic (exact) mass is 1390 g/mol. The first-order valence-corrected chi connectivity index (χ1v) is 36.4. The van der Waals surface area contributed by atoms with E-state index in [1.165, 1.54) is 38.1 Å². The molecule has 0 radical (unpaired) electrons. The summed E-state index contributed by atoms with van der Waals surface area (Å²) < 4.78 is 5.48. The molecule has 1 aliphatic heterocycles. The summed E-state index contributed by atoms with van der Waals surface area (Å²) in [7, 11) is -2.38. The first kappa shape index (κ1) is 85.1. The zero-order chi connectivity index (χ0) is 74.2. The summed E-state index contributed by atoms with van der Waals surface area (Å²) in [5, 5.41) is 84.4. The van der Waals surface area contributed by atoms with Gasteiger partial charge in [0.1, 0.15) is 66.0 Å². The predicted molar refractivity (Wildman–Crippen MR) is 362 cm³/mol. The number of nitrogens with one attached hydrogen (secondary N) is 14. The van der Waals surface area contributed by atoms with E-state index < -0.39 is 206 Å². The summed E-state index contributed by atoms with van der Waals surface area (Å²) in [6, 6.07) is -11.4. The second-order valence-electron chi connectivity index (χ2n) is 29.9. The molecule has 12 amide bonds. The second kappa shape index (κ2) is 38.2. The highest BCUT2D eigenvalue weighted by atomic mass is 28.3. The Morgan fingerprint density at radius 3 is 1.61 bits per heavy atom. The number of hydrogen-bond acceptors (Lipinski definition) is 18. The number of aliphatic hydroxyl groups excluding tert-OH is 4. The third-order valence-corrected chi connectivity index (χ3v) is 16.4. The fraction of sp³-hybridized carbons (Fsp3) is 0.703. The number of rotatable bonds is 21. The van der Waals surface area contributed by atoms with Gasteiger partial charge in [0.15, 0.2) is 5.96 Å². The summed E-state index contributed by atoms with van der Waals surface area (Å²) in [5.41, 5.74) is 3.22. The molecule has 0 bridgehead atoms. The molecule has 1 heterocycles. The van der Waals surface area contributed by atoms with Crippen LogP contribution in [0.25, 0.3) is 0 Å². The lowest BCUT2D eigenvalue weighted by molar-refractivity contribution is -0.139. The number of carbonyl (C=O) groups is 12. The Bertz CT molecular complexity index is 2880. The van der Waals surface area contributed by atoms with Crippen molar-refractivity contribution in [3.8, 4) is 0 Å². The Kier molecular flexibility index (Phi) is 33.5. The van der Waals surface area contributed by atoms with Gasteiger partial charge in [0.2, 0.25) is 65.0 Å². The maximum atomic E-state index is 15.6. The molecule has 33 heteroatoms. The first-order chi connectivity index (χ1) is 44.6. The van der Waals surface area contributed by atoms with Crippen LogP contribution in [-0.2, 0) is 57.5 Å². The van der Waals surface area contributed by atoms with Gasteiger partial charge in [0.05, 0.1) is 38.0 Å². The summed E-state index contributed by atoms with van der Waals surface area (Å²) in [5.74, 6) is -13.6. The normalized spacial score (nSPS) is 23.7. The molecule has 0 saturated carbocycles.